The maximum Gasteiger partial charge on any atom is 0.563 e. The summed E-state index contributed by atoms with van der Waals surface area (Å²) in [5.41, 5.74) is 7.74. The van der Waals surface area contributed by atoms with Crippen LogP contribution < -0.4 is 25.3 Å². The molecular weight excluding hydrogens is 309 g/mol. The number of hydrogen-bond donors (Lipinski definition) is 5. The monoisotopic (exact) mass is 327 g/mol. The Bertz CT molecular complexity index is 546. The molecule has 1 aromatic rings. The number of aliphatic hydroxyl groups excluding tert-OH is 1. The average Bonchev–Trinajstić information content (AvgIpc) is 2.52. The van der Waals surface area contributed by atoms with Gasteiger partial charge < -0.3 is 34.7 Å². The van der Waals surface area contributed by atoms with Gasteiger partial charge in [-0.05, 0) is 12.1 Å². The van der Waals surface area contributed by atoms with Crippen molar-refractivity contribution in [1.29, 1.82) is 5.41 Å². The Labute approximate surface area is 132 Å². The average molecular weight is 327 g/mol. The first kappa shape index (κ1) is 17.2. The summed E-state index contributed by atoms with van der Waals surface area (Å²) in [6.07, 6.45) is 0. The highest BCUT2D eigenvalue weighted by atomic mass is 16.7. The number of guanidine groups is 1. The summed E-state index contributed by atoms with van der Waals surface area (Å²) >= 11 is 0. The van der Waals surface area contributed by atoms with E-state index >= 15 is 0 Å². The number of fused-ring (bicyclic) bond motifs is 1. The Morgan fingerprint density at radius 3 is 3.00 bits per heavy atom. The van der Waals surface area contributed by atoms with Crippen molar-refractivity contribution in [2.45, 2.75) is 6.61 Å². The summed E-state index contributed by atoms with van der Waals surface area (Å²) in [6.45, 7) is -0.139. The third-order valence-electron chi connectivity index (χ3n) is 2.78. The van der Waals surface area contributed by atoms with E-state index in [1.807, 2.05) is 0 Å². The van der Waals surface area contributed by atoms with Gasteiger partial charge in [0, 0.05) is 0 Å². The topological polar surface area (TPSA) is 149 Å². The highest BCUT2D eigenvalue weighted by Gasteiger charge is 2.29. The Balaban J connectivity index is 2.05. The predicted molar refractivity (Wildman–Crippen MR) is 78.9 cm³/mol. The van der Waals surface area contributed by atoms with Crippen LogP contribution in [0.2, 0.25) is 0 Å². The van der Waals surface area contributed by atoms with Gasteiger partial charge in [0.2, 0.25) is 5.96 Å². The van der Waals surface area contributed by atoms with Gasteiger partial charge in [-0.1, -0.05) is 0 Å². The molecule has 0 amide bonds. The van der Waals surface area contributed by atoms with Crippen LogP contribution in [0.5, 0.6) is 17.2 Å². The van der Waals surface area contributed by atoms with Crippen LogP contribution in [0, 0.1) is 5.41 Å². The maximum atomic E-state index is 9.56. The molecule has 0 aromatic heterocycles. The number of hydroxylamine groups is 1. The van der Waals surface area contributed by atoms with Gasteiger partial charge in [0.1, 0.15) is 32.3 Å². The molecule has 10 nitrogen and oxygen atoms in total. The molecule has 0 saturated carbocycles. The lowest BCUT2D eigenvalue weighted by atomic mass is 9.91. The second kappa shape index (κ2) is 8.43. The van der Waals surface area contributed by atoms with Gasteiger partial charge in [-0.2, -0.15) is 0 Å². The van der Waals surface area contributed by atoms with E-state index in [2.05, 4.69) is 5.48 Å². The summed E-state index contributed by atoms with van der Waals surface area (Å²) in [5, 5.41) is 25.3. The summed E-state index contributed by atoms with van der Waals surface area (Å²) in [5.74, 6) is 0.878. The molecule has 0 spiro atoms. The van der Waals surface area contributed by atoms with Crippen molar-refractivity contribution >= 4 is 13.1 Å². The molecule has 1 aliphatic heterocycles. The first-order chi connectivity index (χ1) is 11.1. The maximum absolute atomic E-state index is 9.56. The number of nitrogens with one attached hydrogen (secondary N) is 2. The molecular formula is C12H18BN3O7. The van der Waals surface area contributed by atoms with E-state index in [0.29, 0.717) is 22.8 Å². The molecule has 0 fully saturated rings. The lowest BCUT2D eigenvalue weighted by molar-refractivity contribution is -0.0129. The van der Waals surface area contributed by atoms with Crippen LogP contribution in [0.3, 0.4) is 0 Å². The molecule has 1 aliphatic rings. The first-order valence-electron chi connectivity index (χ1n) is 6.78. The Hall–Kier alpha value is -2.21. The van der Waals surface area contributed by atoms with Crippen molar-refractivity contribution in [3.8, 4) is 17.2 Å². The van der Waals surface area contributed by atoms with Crippen LogP contribution in [0.25, 0.3) is 0 Å². The largest absolute Gasteiger partial charge is 0.563 e. The zero-order chi connectivity index (χ0) is 16.7. The predicted octanol–water partition coefficient (Wildman–Crippen LogP) is -1.26. The summed E-state index contributed by atoms with van der Waals surface area (Å²) in [4.78, 5) is 4.88. The van der Waals surface area contributed by atoms with Gasteiger partial charge in [0.15, 0.2) is 11.5 Å². The molecule has 0 aliphatic carbocycles. The summed E-state index contributed by atoms with van der Waals surface area (Å²) in [6, 6.07) is 3.31. The minimum absolute atomic E-state index is 0.0115. The molecule has 1 heterocycles. The van der Waals surface area contributed by atoms with E-state index < -0.39 is 13.9 Å². The van der Waals surface area contributed by atoms with E-state index in [4.69, 9.17) is 40.0 Å². The van der Waals surface area contributed by atoms with E-state index in [0.717, 1.165) is 0 Å². The smallest absolute Gasteiger partial charge is 0.531 e. The van der Waals surface area contributed by atoms with Gasteiger partial charge in [0.25, 0.3) is 0 Å². The van der Waals surface area contributed by atoms with Crippen LogP contribution in [0.4, 0.5) is 0 Å². The second-order valence-corrected chi connectivity index (χ2v) is 4.44. The molecule has 0 saturated heterocycles. The number of benzene rings is 1. The highest BCUT2D eigenvalue weighted by Crippen LogP contribution is 2.40. The molecule has 126 valence electrons. The normalized spacial score (nSPS) is 12.9. The number of aliphatic hydroxyl groups is 1. The summed E-state index contributed by atoms with van der Waals surface area (Å²) < 4.78 is 21.3. The van der Waals surface area contributed by atoms with Gasteiger partial charge in [-0.25, -0.2) is 5.48 Å². The standard InChI is InChI=1S/C12H18BN3O7/c14-12(15)16-22-4-3-20-9-1-2-10-11(8(9)5-19-7-17)23-13(18)6-21-10/h1-2,17-18H,3-7H2,(H4,14,15,16). The Morgan fingerprint density at radius 1 is 1.43 bits per heavy atom. The van der Waals surface area contributed by atoms with Gasteiger partial charge in [-0.3, -0.25) is 10.2 Å². The number of hydrogen-bond acceptors (Lipinski definition) is 8. The molecule has 0 radical (unpaired) electrons. The fraction of sp³-hybridized carbons (Fsp3) is 0.417. The van der Waals surface area contributed by atoms with Crippen molar-refractivity contribution in [3.63, 3.8) is 0 Å². The molecule has 23 heavy (non-hydrogen) atoms. The van der Waals surface area contributed by atoms with Gasteiger partial charge in [-0.15, -0.1) is 0 Å². The van der Waals surface area contributed by atoms with Gasteiger partial charge in [0.05, 0.1) is 12.2 Å². The second-order valence-electron chi connectivity index (χ2n) is 4.44. The molecule has 0 unspecified atom stereocenters. The van der Waals surface area contributed by atoms with Crippen molar-refractivity contribution in [1.82, 2.24) is 5.48 Å². The summed E-state index contributed by atoms with van der Waals surface area (Å²) in [7, 11) is -1.09. The Morgan fingerprint density at radius 2 is 2.26 bits per heavy atom. The zero-order valence-corrected chi connectivity index (χ0v) is 12.3. The van der Waals surface area contributed by atoms with Gasteiger partial charge >= 0.3 is 7.12 Å². The van der Waals surface area contributed by atoms with Crippen molar-refractivity contribution in [2.75, 3.05) is 26.5 Å². The lowest BCUT2D eigenvalue weighted by Gasteiger charge is -2.24. The van der Waals surface area contributed by atoms with Crippen LogP contribution in [0.15, 0.2) is 12.1 Å². The molecule has 6 N–H and O–H groups in total. The number of nitrogens with two attached hydrogens (primary N) is 1. The minimum atomic E-state index is -1.09. The van der Waals surface area contributed by atoms with E-state index in [9.17, 15) is 5.02 Å². The Kier molecular flexibility index (Phi) is 6.29. The third-order valence-corrected chi connectivity index (χ3v) is 2.78. The molecule has 0 atom stereocenters. The minimum Gasteiger partial charge on any atom is -0.531 e. The lowest BCUT2D eigenvalue weighted by Crippen LogP contribution is -2.34. The van der Waals surface area contributed by atoms with E-state index in [-0.39, 0.29) is 32.3 Å². The van der Waals surface area contributed by atoms with Crippen LogP contribution in [0.1, 0.15) is 5.56 Å². The number of ether oxygens (including phenoxy) is 3. The fourth-order valence-corrected chi connectivity index (χ4v) is 1.90. The molecule has 2 rings (SSSR count). The first-order valence-corrected chi connectivity index (χ1v) is 6.78. The third kappa shape index (κ3) is 4.89. The van der Waals surface area contributed by atoms with Crippen LogP contribution in [-0.2, 0) is 16.2 Å². The fourth-order valence-electron chi connectivity index (χ4n) is 1.90. The zero-order valence-electron chi connectivity index (χ0n) is 12.3. The van der Waals surface area contributed by atoms with E-state index in [1.54, 1.807) is 12.1 Å². The SMILES string of the molecule is N=C(N)NOCCOc1ccc2c(c1COCO)OB(O)CO2. The highest BCUT2D eigenvalue weighted by molar-refractivity contribution is 6.44. The van der Waals surface area contributed by atoms with Crippen molar-refractivity contribution < 1.29 is 33.8 Å². The molecule has 0 bridgehead atoms. The van der Waals surface area contributed by atoms with Crippen molar-refractivity contribution in [2.24, 2.45) is 5.73 Å². The van der Waals surface area contributed by atoms with E-state index in [1.165, 1.54) is 0 Å². The molecule has 11 heteroatoms. The quantitative estimate of drug-likeness (QED) is 0.0984. The van der Waals surface area contributed by atoms with Crippen LogP contribution >= 0.6 is 0 Å². The van der Waals surface area contributed by atoms with Crippen molar-refractivity contribution in [3.05, 3.63) is 17.7 Å². The van der Waals surface area contributed by atoms with Crippen LogP contribution in [-0.4, -0.2) is 49.7 Å². The number of rotatable bonds is 8. The molecule has 1 aromatic carbocycles.